The summed E-state index contributed by atoms with van der Waals surface area (Å²) >= 11 is 0. The van der Waals surface area contributed by atoms with E-state index in [0.29, 0.717) is 12.1 Å². The van der Waals surface area contributed by atoms with Crippen LogP contribution in [-0.2, 0) is 19.6 Å². The van der Waals surface area contributed by atoms with Crippen LogP contribution in [0.1, 0.15) is 39.8 Å². The number of carbonyl (C=O) groups is 1. The van der Waals surface area contributed by atoms with E-state index in [9.17, 15) is 18.0 Å². The van der Waals surface area contributed by atoms with Crippen molar-refractivity contribution in [2.75, 3.05) is 5.32 Å². The third kappa shape index (κ3) is 2.81. The number of pyridine rings is 1. The fraction of sp³-hybridized carbons (Fsp3) is 0.333. The molecular formula is C15H15F3N4O. The zero-order valence-corrected chi connectivity index (χ0v) is 12.3. The Hall–Kier alpha value is -2.35. The number of halogens is 3. The number of alkyl halides is 3. The van der Waals surface area contributed by atoms with Crippen LogP contribution in [0.25, 0.3) is 0 Å². The van der Waals surface area contributed by atoms with Crippen LogP contribution in [0.5, 0.6) is 0 Å². The van der Waals surface area contributed by atoms with Crippen LogP contribution in [-0.4, -0.2) is 15.5 Å². The van der Waals surface area contributed by atoms with E-state index in [1.165, 1.54) is 6.07 Å². The lowest BCUT2D eigenvalue weighted by atomic mass is 10.1. The van der Waals surface area contributed by atoms with Gasteiger partial charge >= 0.3 is 6.18 Å². The summed E-state index contributed by atoms with van der Waals surface area (Å²) in [5, 5.41) is 2.50. The number of hydrogen-bond donors (Lipinski definition) is 2. The maximum absolute atomic E-state index is 12.7. The Morgan fingerprint density at radius 2 is 2.22 bits per heavy atom. The first-order valence-electron chi connectivity index (χ1n) is 7.05. The van der Waals surface area contributed by atoms with Crippen molar-refractivity contribution in [3.05, 3.63) is 47.0 Å². The molecular weight excluding hydrogens is 309 g/mol. The third-order valence-electron chi connectivity index (χ3n) is 3.95. The summed E-state index contributed by atoms with van der Waals surface area (Å²) in [6.07, 6.45) is -0.289. The lowest BCUT2D eigenvalue weighted by Crippen LogP contribution is -2.18. The van der Waals surface area contributed by atoms with Crippen LogP contribution in [0.15, 0.2) is 24.5 Å². The van der Waals surface area contributed by atoms with Gasteiger partial charge in [0.2, 0.25) is 0 Å². The standard InChI is InChI=1S/C15H15F3N4O/c1-22-7-10-9(2-3-11(10)19)13(22)14(23)21-8-4-5-20-12(6-8)15(16,17)18/h4-7,11H,2-3,19H2,1H3,(H,20,21,23). The molecule has 0 fully saturated rings. The van der Waals surface area contributed by atoms with Crippen molar-refractivity contribution >= 4 is 11.6 Å². The van der Waals surface area contributed by atoms with Crippen molar-refractivity contribution in [3.63, 3.8) is 0 Å². The summed E-state index contributed by atoms with van der Waals surface area (Å²) in [5.74, 6) is -0.456. The van der Waals surface area contributed by atoms with Crippen molar-refractivity contribution in [1.82, 2.24) is 9.55 Å². The Balaban J connectivity index is 1.88. The second-order valence-electron chi connectivity index (χ2n) is 5.55. The molecule has 1 atom stereocenters. The first-order valence-corrected chi connectivity index (χ1v) is 7.05. The lowest BCUT2D eigenvalue weighted by molar-refractivity contribution is -0.141. The zero-order valence-electron chi connectivity index (χ0n) is 12.3. The second kappa shape index (κ2) is 5.38. The summed E-state index contributed by atoms with van der Waals surface area (Å²) < 4.78 is 39.7. The Bertz CT molecular complexity index is 767. The normalized spacial score (nSPS) is 17.2. The van der Waals surface area contributed by atoms with Gasteiger partial charge < -0.3 is 15.6 Å². The van der Waals surface area contributed by atoms with Gasteiger partial charge in [-0.15, -0.1) is 0 Å². The molecule has 0 bridgehead atoms. The van der Waals surface area contributed by atoms with E-state index in [4.69, 9.17) is 5.73 Å². The highest BCUT2D eigenvalue weighted by Crippen LogP contribution is 2.33. The smallest absolute Gasteiger partial charge is 0.346 e. The van der Waals surface area contributed by atoms with Gasteiger partial charge in [-0.25, -0.2) is 0 Å². The minimum absolute atomic E-state index is 0.0505. The minimum Gasteiger partial charge on any atom is -0.346 e. The van der Waals surface area contributed by atoms with Gasteiger partial charge in [-0.3, -0.25) is 9.78 Å². The predicted octanol–water partition coefficient (Wildman–Crippen LogP) is 2.64. The fourth-order valence-electron chi connectivity index (χ4n) is 2.89. The highest BCUT2D eigenvalue weighted by molar-refractivity contribution is 6.04. The fourth-order valence-corrected chi connectivity index (χ4v) is 2.89. The van der Waals surface area contributed by atoms with E-state index in [-0.39, 0.29) is 11.7 Å². The van der Waals surface area contributed by atoms with Crippen LogP contribution in [0.3, 0.4) is 0 Å². The van der Waals surface area contributed by atoms with E-state index in [0.717, 1.165) is 29.8 Å². The number of nitrogens with one attached hydrogen (secondary N) is 1. The summed E-state index contributed by atoms with van der Waals surface area (Å²) in [5.41, 5.74) is 7.19. The molecule has 2 heterocycles. The van der Waals surface area contributed by atoms with Crippen LogP contribution >= 0.6 is 0 Å². The highest BCUT2D eigenvalue weighted by atomic mass is 19.4. The number of hydrogen-bond acceptors (Lipinski definition) is 3. The lowest BCUT2D eigenvalue weighted by Gasteiger charge is -2.10. The minimum atomic E-state index is -4.56. The quantitative estimate of drug-likeness (QED) is 0.892. The van der Waals surface area contributed by atoms with Gasteiger partial charge in [-0.1, -0.05) is 0 Å². The largest absolute Gasteiger partial charge is 0.433 e. The molecule has 1 unspecified atom stereocenters. The zero-order chi connectivity index (χ0) is 16.8. The molecule has 0 spiro atoms. The number of amides is 1. The van der Waals surface area contributed by atoms with Crippen LogP contribution in [0, 0.1) is 0 Å². The molecule has 3 N–H and O–H groups in total. The summed E-state index contributed by atoms with van der Waals surface area (Å²) in [7, 11) is 1.72. The van der Waals surface area contributed by atoms with Gasteiger partial charge in [0.25, 0.3) is 5.91 Å². The van der Waals surface area contributed by atoms with Crippen LogP contribution < -0.4 is 11.1 Å². The van der Waals surface area contributed by atoms with Gasteiger partial charge in [-0.2, -0.15) is 13.2 Å². The topological polar surface area (TPSA) is 72.9 Å². The summed E-state index contributed by atoms with van der Waals surface area (Å²) in [4.78, 5) is 15.7. The van der Waals surface area contributed by atoms with Gasteiger partial charge in [0.1, 0.15) is 11.4 Å². The van der Waals surface area contributed by atoms with E-state index in [2.05, 4.69) is 10.3 Å². The average Bonchev–Trinajstić information content (AvgIpc) is 2.97. The first kappa shape index (κ1) is 15.5. The van der Waals surface area contributed by atoms with Crippen molar-refractivity contribution < 1.29 is 18.0 Å². The van der Waals surface area contributed by atoms with Crippen molar-refractivity contribution in [2.45, 2.75) is 25.1 Å². The Morgan fingerprint density at radius 3 is 2.91 bits per heavy atom. The number of carbonyl (C=O) groups excluding carboxylic acids is 1. The molecule has 1 amide bonds. The van der Waals surface area contributed by atoms with Gasteiger partial charge in [0, 0.05) is 31.2 Å². The molecule has 2 aromatic rings. The second-order valence-corrected chi connectivity index (χ2v) is 5.55. The van der Waals surface area contributed by atoms with E-state index in [1.807, 2.05) is 0 Å². The number of fused-ring (bicyclic) bond motifs is 1. The number of nitrogens with two attached hydrogens (primary N) is 1. The van der Waals surface area contributed by atoms with Gasteiger partial charge in [-0.05, 0) is 36.1 Å². The molecule has 0 aromatic carbocycles. The van der Waals surface area contributed by atoms with Crippen LogP contribution in [0.4, 0.5) is 18.9 Å². The molecule has 0 radical (unpaired) electrons. The number of rotatable bonds is 2. The summed E-state index contributed by atoms with van der Waals surface area (Å²) in [6.45, 7) is 0. The first-order chi connectivity index (χ1) is 10.8. The molecule has 2 aromatic heterocycles. The Kier molecular flexibility index (Phi) is 3.63. The van der Waals surface area contributed by atoms with Crippen LogP contribution in [0.2, 0.25) is 0 Å². The molecule has 0 saturated heterocycles. The molecule has 8 heteroatoms. The monoisotopic (exact) mass is 324 g/mol. The molecule has 3 rings (SSSR count). The molecule has 1 aliphatic rings. The van der Waals surface area contributed by atoms with E-state index < -0.39 is 17.8 Å². The molecule has 0 saturated carbocycles. The number of nitrogens with zero attached hydrogens (tertiary/aromatic N) is 2. The predicted molar refractivity (Wildman–Crippen MR) is 77.9 cm³/mol. The Labute approximate surface area is 130 Å². The molecule has 23 heavy (non-hydrogen) atoms. The highest BCUT2D eigenvalue weighted by Gasteiger charge is 2.33. The van der Waals surface area contributed by atoms with E-state index >= 15 is 0 Å². The number of anilines is 1. The third-order valence-corrected chi connectivity index (χ3v) is 3.95. The van der Waals surface area contributed by atoms with Gasteiger partial charge in [0.05, 0.1) is 0 Å². The number of aromatic nitrogens is 2. The van der Waals surface area contributed by atoms with E-state index in [1.54, 1.807) is 17.8 Å². The molecule has 0 aliphatic heterocycles. The molecule has 122 valence electrons. The maximum atomic E-state index is 12.7. The maximum Gasteiger partial charge on any atom is 0.433 e. The number of aryl methyl sites for hydroxylation is 1. The van der Waals surface area contributed by atoms with Crippen molar-refractivity contribution in [1.29, 1.82) is 0 Å². The average molecular weight is 324 g/mol. The SMILES string of the molecule is Cn1cc2c(c1C(=O)Nc1ccnc(C(F)(F)F)c1)CCC2N. The van der Waals surface area contributed by atoms with Crippen molar-refractivity contribution in [2.24, 2.45) is 12.8 Å². The molecule has 1 aliphatic carbocycles. The Morgan fingerprint density at radius 1 is 1.48 bits per heavy atom. The summed E-state index contributed by atoms with van der Waals surface area (Å²) in [6, 6.07) is 2.03. The van der Waals surface area contributed by atoms with Gasteiger partial charge in [0.15, 0.2) is 0 Å². The van der Waals surface area contributed by atoms with Crippen molar-refractivity contribution in [3.8, 4) is 0 Å². The molecule has 5 nitrogen and oxygen atoms in total.